The Kier molecular flexibility index (Phi) is 7.11. The van der Waals surface area contributed by atoms with Gasteiger partial charge in [0.15, 0.2) is 0 Å². The van der Waals surface area contributed by atoms with Gasteiger partial charge in [0.2, 0.25) is 5.91 Å². The number of benzene rings is 1. The van der Waals surface area contributed by atoms with Gasteiger partial charge in [0.05, 0.1) is 13.1 Å². The van der Waals surface area contributed by atoms with Crippen molar-refractivity contribution in [3.05, 3.63) is 35.9 Å². The molecule has 1 atom stereocenters. The van der Waals surface area contributed by atoms with E-state index < -0.39 is 23.4 Å². The molecule has 0 bridgehead atoms. The summed E-state index contributed by atoms with van der Waals surface area (Å²) >= 11 is 0. The van der Waals surface area contributed by atoms with Crippen LogP contribution in [0.2, 0.25) is 0 Å². The number of carbonyl (C=O) groups excluding carboxylic acids is 4. The van der Waals surface area contributed by atoms with Crippen LogP contribution < -0.4 is 16.1 Å². The van der Waals surface area contributed by atoms with Gasteiger partial charge < -0.3 is 10.6 Å². The zero-order chi connectivity index (χ0) is 20.7. The van der Waals surface area contributed by atoms with E-state index in [1.165, 1.54) is 0 Å². The Morgan fingerprint density at radius 1 is 1.07 bits per heavy atom. The van der Waals surface area contributed by atoms with Crippen LogP contribution in [-0.2, 0) is 19.9 Å². The molecule has 2 rings (SSSR count). The molecule has 0 aromatic heterocycles. The van der Waals surface area contributed by atoms with E-state index in [1.807, 2.05) is 19.9 Å². The highest BCUT2D eigenvalue weighted by Gasteiger charge is 2.52. The Morgan fingerprint density at radius 2 is 1.71 bits per heavy atom. The van der Waals surface area contributed by atoms with Crippen LogP contribution in [0, 0.1) is 0 Å². The van der Waals surface area contributed by atoms with Crippen LogP contribution in [-0.4, -0.2) is 59.8 Å². The number of hydrogen-bond acceptors (Lipinski definition) is 5. The maximum atomic E-state index is 13.0. The zero-order valence-electron chi connectivity index (χ0n) is 16.4. The molecule has 9 nitrogen and oxygen atoms in total. The predicted molar refractivity (Wildman–Crippen MR) is 103 cm³/mol. The smallest absolute Gasteiger partial charge is 0.344 e. The summed E-state index contributed by atoms with van der Waals surface area (Å²) in [5, 5.41) is 6.09. The first kappa shape index (κ1) is 21.4. The van der Waals surface area contributed by atoms with E-state index in [1.54, 1.807) is 36.1 Å². The Morgan fingerprint density at radius 3 is 2.29 bits per heavy atom. The third-order valence-electron chi connectivity index (χ3n) is 4.68. The van der Waals surface area contributed by atoms with Crippen molar-refractivity contribution in [1.29, 1.82) is 0 Å². The van der Waals surface area contributed by atoms with E-state index in [4.69, 9.17) is 0 Å². The van der Waals surface area contributed by atoms with Gasteiger partial charge in [0.25, 0.3) is 11.8 Å². The Labute approximate surface area is 164 Å². The van der Waals surface area contributed by atoms with Gasteiger partial charge in [0.1, 0.15) is 5.54 Å². The molecule has 0 radical (unpaired) electrons. The topological polar surface area (TPSA) is 111 Å². The van der Waals surface area contributed by atoms with Crippen LogP contribution in [0.1, 0.15) is 32.8 Å². The lowest BCUT2D eigenvalue weighted by molar-refractivity contribution is -0.140. The summed E-state index contributed by atoms with van der Waals surface area (Å²) in [5.74, 6) is -1.28. The first-order chi connectivity index (χ1) is 13.4. The maximum Gasteiger partial charge on any atom is 0.344 e. The maximum absolute atomic E-state index is 13.0. The van der Waals surface area contributed by atoms with Crippen LogP contribution in [0.3, 0.4) is 0 Å². The lowest BCUT2D eigenvalue weighted by Crippen LogP contribution is -2.51. The third-order valence-corrected chi connectivity index (χ3v) is 4.68. The average molecular weight is 389 g/mol. The minimum Gasteiger partial charge on any atom is -0.355 e. The molecule has 1 aromatic carbocycles. The fourth-order valence-electron chi connectivity index (χ4n) is 3.14. The third kappa shape index (κ3) is 4.48. The van der Waals surface area contributed by atoms with Gasteiger partial charge in [-0.1, -0.05) is 44.2 Å². The second-order valence-electron chi connectivity index (χ2n) is 6.49. The molecule has 1 aliphatic heterocycles. The van der Waals surface area contributed by atoms with E-state index in [0.29, 0.717) is 25.1 Å². The van der Waals surface area contributed by atoms with Crippen LogP contribution in [0.15, 0.2) is 30.3 Å². The normalized spacial score (nSPS) is 18.9. The van der Waals surface area contributed by atoms with Crippen LogP contribution >= 0.6 is 0 Å². The SMILES string of the molecule is CCNC(=O)CN(CC)CC(=O)NN1C(=O)N[C@@](CC)(c2ccccc2)C1=O. The van der Waals surface area contributed by atoms with Gasteiger partial charge in [-0.3, -0.25) is 24.7 Å². The molecule has 0 spiro atoms. The number of carbonyl (C=O) groups is 4. The van der Waals surface area contributed by atoms with Crippen molar-refractivity contribution in [3.63, 3.8) is 0 Å². The van der Waals surface area contributed by atoms with Crippen molar-refractivity contribution in [3.8, 4) is 0 Å². The predicted octanol–water partition coefficient (Wildman–Crippen LogP) is 0.333. The van der Waals surface area contributed by atoms with Gasteiger partial charge in [-0.05, 0) is 25.5 Å². The number of urea groups is 1. The summed E-state index contributed by atoms with van der Waals surface area (Å²) in [6.07, 6.45) is 0.340. The highest BCUT2D eigenvalue weighted by atomic mass is 16.2. The summed E-state index contributed by atoms with van der Waals surface area (Å²) < 4.78 is 0. The molecule has 5 amide bonds. The lowest BCUT2D eigenvalue weighted by Gasteiger charge is -2.26. The van der Waals surface area contributed by atoms with E-state index in [9.17, 15) is 19.2 Å². The Bertz CT molecular complexity index is 739. The molecule has 9 heteroatoms. The number of imide groups is 1. The minimum absolute atomic E-state index is 0.0564. The molecule has 28 heavy (non-hydrogen) atoms. The second-order valence-corrected chi connectivity index (χ2v) is 6.49. The summed E-state index contributed by atoms with van der Waals surface area (Å²) in [6, 6.07) is 8.23. The van der Waals surface area contributed by atoms with E-state index in [-0.39, 0.29) is 19.0 Å². The van der Waals surface area contributed by atoms with Gasteiger partial charge in [-0.2, -0.15) is 5.01 Å². The van der Waals surface area contributed by atoms with Crippen molar-refractivity contribution < 1.29 is 19.2 Å². The molecule has 1 fully saturated rings. The number of rotatable bonds is 9. The van der Waals surface area contributed by atoms with Gasteiger partial charge in [-0.25, -0.2) is 4.79 Å². The molecule has 1 heterocycles. The van der Waals surface area contributed by atoms with E-state index in [2.05, 4.69) is 16.1 Å². The first-order valence-electron chi connectivity index (χ1n) is 9.38. The first-order valence-corrected chi connectivity index (χ1v) is 9.38. The summed E-state index contributed by atoms with van der Waals surface area (Å²) in [4.78, 5) is 51.1. The number of likely N-dealkylation sites (N-methyl/N-ethyl adjacent to an activating group) is 2. The van der Waals surface area contributed by atoms with E-state index >= 15 is 0 Å². The highest BCUT2D eigenvalue weighted by molar-refractivity contribution is 6.08. The van der Waals surface area contributed by atoms with Crippen molar-refractivity contribution in [2.75, 3.05) is 26.2 Å². The molecule has 1 aromatic rings. The Hall–Kier alpha value is -2.94. The van der Waals surface area contributed by atoms with Crippen molar-refractivity contribution >= 4 is 23.8 Å². The van der Waals surface area contributed by atoms with Crippen molar-refractivity contribution in [2.24, 2.45) is 0 Å². The molecule has 1 aliphatic rings. The molecule has 3 N–H and O–H groups in total. The minimum atomic E-state index is -1.21. The summed E-state index contributed by atoms with van der Waals surface area (Å²) in [6.45, 7) is 6.33. The standard InChI is InChI=1S/C19H27N5O4/c1-4-19(14-10-8-7-9-11-14)17(27)24(18(28)21-19)22-16(26)13-23(6-3)12-15(25)20-5-2/h7-11H,4-6,12-13H2,1-3H3,(H,20,25)(H,21,28)(H,22,26)/t19-/m0/s1. The van der Waals surface area contributed by atoms with Crippen molar-refractivity contribution in [1.82, 2.24) is 26.0 Å². The number of nitrogens with zero attached hydrogens (tertiary/aromatic N) is 2. The monoisotopic (exact) mass is 389 g/mol. The fourth-order valence-corrected chi connectivity index (χ4v) is 3.14. The number of hydrogen-bond donors (Lipinski definition) is 3. The molecular weight excluding hydrogens is 362 g/mol. The van der Waals surface area contributed by atoms with E-state index in [0.717, 1.165) is 5.01 Å². The van der Waals surface area contributed by atoms with Crippen LogP contribution in [0.5, 0.6) is 0 Å². The van der Waals surface area contributed by atoms with Gasteiger partial charge in [0, 0.05) is 6.54 Å². The molecule has 0 unspecified atom stereocenters. The molecule has 152 valence electrons. The highest BCUT2D eigenvalue weighted by Crippen LogP contribution is 2.31. The number of hydrazine groups is 1. The number of nitrogens with one attached hydrogen (secondary N) is 3. The molecule has 1 saturated heterocycles. The fraction of sp³-hybridized carbons (Fsp3) is 0.474. The van der Waals surface area contributed by atoms with Crippen LogP contribution in [0.25, 0.3) is 0 Å². The summed E-state index contributed by atoms with van der Waals surface area (Å²) in [5.41, 5.74) is 1.81. The quantitative estimate of drug-likeness (QED) is 0.527. The molecular formula is C19H27N5O4. The van der Waals surface area contributed by atoms with Gasteiger partial charge in [-0.15, -0.1) is 0 Å². The lowest BCUT2D eigenvalue weighted by atomic mass is 9.87. The summed E-state index contributed by atoms with van der Waals surface area (Å²) in [7, 11) is 0. The van der Waals surface area contributed by atoms with Crippen LogP contribution in [0.4, 0.5) is 4.79 Å². The molecule has 0 aliphatic carbocycles. The molecule has 0 saturated carbocycles. The zero-order valence-corrected chi connectivity index (χ0v) is 16.4. The van der Waals surface area contributed by atoms with Crippen molar-refractivity contribution in [2.45, 2.75) is 32.7 Å². The largest absolute Gasteiger partial charge is 0.355 e. The average Bonchev–Trinajstić information content (AvgIpc) is 2.93. The van der Waals surface area contributed by atoms with Gasteiger partial charge >= 0.3 is 6.03 Å². The Balaban J connectivity index is 2.07. The number of amides is 5. The second kappa shape index (κ2) is 9.32.